The van der Waals surface area contributed by atoms with Gasteiger partial charge in [-0.3, -0.25) is 9.59 Å². The largest absolute Gasteiger partial charge is 0.484 e. The topological polar surface area (TPSA) is 64.6 Å². The number of para-hydroxylation sites is 1. The molecule has 0 aliphatic carbocycles. The van der Waals surface area contributed by atoms with Crippen molar-refractivity contribution >= 4 is 11.9 Å². The first-order valence-electron chi connectivity index (χ1n) is 4.32. The summed E-state index contributed by atoms with van der Waals surface area (Å²) in [4.78, 5) is 25.6. The minimum atomic E-state index is -0.580. The quantitative estimate of drug-likeness (QED) is 0.743. The van der Waals surface area contributed by atoms with E-state index in [0.29, 0.717) is 5.75 Å². The molecule has 5 nitrogen and oxygen atoms in total. The molecule has 0 aliphatic heterocycles. The summed E-state index contributed by atoms with van der Waals surface area (Å²) in [6.07, 6.45) is 0. The molecule has 0 saturated carbocycles. The number of carbonyl (C=O) groups is 2. The summed E-state index contributed by atoms with van der Waals surface area (Å²) in [5, 5.41) is 0. The Morgan fingerprint density at radius 2 is 1.93 bits per heavy atom. The van der Waals surface area contributed by atoms with Crippen LogP contribution in [0.1, 0.15) is 6.92 Å². The zero-order chi connectivity index (χ0) is 11.1. The molecule has 0 spiro atoms. The molecule has 1 amide bonds. The maximum atomic E-state index is 11.0. The molecule has 0 atom stereocenters. The van der Waals surface area contributed by atoms with E-state index in [4.69, 9.17) is 4.74 Å². The van der Waals surface area contributed by atoms with E-state index in [2.05, 4.69) is 4.84 Å². The summed E-state index contributed by atoms with van der Waals surface area (Å²) in [5.74, 6) is -0.521. The van der Waals surface area contributed by atoms with Gasteiger partial charge in [0.25, 0.3) is 5.91 Å². The van der Waals surface area contributed by atoms with Crippen molar-refractivity contribution in [1.82, 2.24) is 5.48 Å². The summed E-state index contributed by atoms with van der Waals surface area (Å²) in [5.41, 5.74) is 1.94. The summed E-state index contributed by atoms with van der Waals surface area (Å²) in [7, 11) is 0. The van der Waals surface area contributed by atoms with Crippen LogP contribution in [0.25, 0.3) is 0 Å². The average Bonchev–Trinajstić information content (AvgIpc) is 2.25. The van der Waals surface area contributed by atoms with E-state index in [0.717, 1.165) is 0 Å². The Kier molecular flexibility index (Phi) is 4.15. The van der Waals surface area contributed by atoms with Gasteiger partial charge < -0.3 is 9.57 Å². The van der Waals surface area contributed by atoms with Gasteiger partial charge in [0.1, 0.15) is 5.75 Å². The Morgan fingerprint density at radius 1 is 1.27 bits per heavy atom. The van der Waals surface area contributed by atoms with Gasteiger partial charge in [0.2, 0.25) is 0 Å². The van der Waals surface area contributed by atoms with E-state index >= 15 is 0 Å². The van der Waals surface area contributed by atoms with Gasteiger partial charge in [-0.25, -0.2) is 0 Å². The fourth-order valence-electron chi connectivity index (χ4n) is 0.824. The van der Waals surface area contributed by atoms with Crippen LogP contribution in [0.15, 0.2) is 30.3 Å². The molecular weight excluding hydrogens is 198 g/mol. The first kappa shape index (κ1) is 11.0. The predicted octanol–water partition coefficient (Wildman–Crippen LogP) is 0.660. The lowest BCUT2D eigenvalue weighted by Gasteiger charge is -2.05. The summed E-state index contributed by atoms with van der Waals surface area (Å²) < 4.78 is 5.10. The SMILES string of the molecule is CC(=O)ONC(=O)COc1ccccc1. The second-order valence-electron chi connectivity index (χ2n) is 2.72. The maximum absolute atomic E-state index is 11.0. The number of amides is 1. The Hall–Kier alpha value is -2.04. The van der Waals surface area contributed by atoms with Gasteiger partial charge in [-0.05, 0) is 12.1 Å². The van der Waals surface area contributed by atoms with E-state index in [1.54, 1.807) is 24.3 Å². The van der Waals surface area contributed by atoms with E-state index in [1.807, 2.05) is 11.5 Å². The molecular formula is C10H11NO4. The highest BCUT2D eigenvalue weighted by Gasteiger charge is 2.03. The molecule has 15 heavy (non-hydrogen) atoms. The van der Waals surface area contributed by atoms with Gasteiger partial charge in [-0.1, -0.05) is 18.2 Å². The molecule has 0 unspecified atom stereocenters. The highest BCUT2D eigenvalue weighted by molar-refractivity contribution is 5.78. The van der Waals surface area contributed by atoms with Gasteiger partial charge >= 0.3 is 5.97 Å². The van der Waals surface area contributed by atoms with Gasteiger partial charge in [0.15, 0.2) is 6.61 Å². The maximum Gasteiger partial charge on any atom is 0.329 e. The van der Waals surface area contributed by atoms with Crippen LogP contribution in [0.5, 0.6) is 5.75 Å². The molecule has 0 bridgehead atoms. The highest BCUT2D eigenvalue weighted by Crippen LogP contribution is 2.07. The number of benzene rings is 1. The summed E-state index contributed by atoms with van der Waals surface area (Å²) >= 11 is 0. The highest BCUT2D eigenvalue weighted by atomic mass is 16.7. The van der Waals surface area contributed by atoms with Gasteiger partial charge in [-0.2, -0.15) is 5.48 Å². The third kappa shape index (κ3) is 4.66. The van der Waals surface area contributed by atoms with Crippen LogP contribution in [-0.2, 0) is 14.4 Å². The first-order valence-corrected chi connectivity index (χ1v) is 4.32. The standard InChI is InChI=1S/C10H11NO4/c1-8(12)15-11-10(13)7-14-9-5-3-2-4-6-9/h2-6H,7H2,1H3,(H,11,13). The molecule has 1 aromatic rings. The molecule has 0 aromatic heterocycles. The second-order valence-corrected chi connectivity index (χ2v) is 2.72. The molecule has 5 heteroatoms. The molecule has 0 fully saturated rings. The van der Waals surface area contributed by atoms with Crippen molar-refractivity contribution in [3.63, 3.8) is 0 Å². The van der Waals surface area contributed by atoms with E-state index in [-0.39, 0.29) is 6.61 Å². The minimum absolute atomic E-state index is 0.197. The lowest BCUT2D eigenvalue weighted by Crippen LogP contribution is -2.30. The van der Waals surface area contributed by atoms with E-state index < -0.39 is 11.9 Å². The third-order valence-corrected chi connectivity index (χ3v) is 1.42. The van der Waals surface area contributed by atoms with Gasteiger partial charge in [-0.15, -0.1) is 0 Å². The zero-order valence-corrected chi connectivity index (χ0v) is 8.23. The Labute approximate surface area is 86.9 Å². The Bertz CT molecular complexity index is 337. The van der Waals surface area contributed by atoms with Crippen molar-refractivity contribution in [2.75, 3.05) is 6.61 Å². The molecule has 1 aromatic carbocycles. The molecule has 0 saturated heterocycles. The number of nitrogens with one attached hydrogen (secondary N) is 1. The fourth-order valence-corrected chi connectivity index (χ4v) is 0.824. The molecule has 1 N–H and O–H groups in total. The second kappa shape index (κ2) is 5.64. The van der Waals surface area contributed by atoms with Crippen LogP contribution in [0.3, 0.4) is 0 Å². The minimum Gasteiger partial charge on any atom is -0.484 e. The molecule has 0 radical (unpaired) electrons. The van der Waals surface area contributed by atoms with Crippen LogP contribution < -0.4 is 10.2 Å². The fraction of sp³-hybridized carbons (Fsp3) is 0.200. The van der Waals surface area contributed by atoms with Crippen LogP contribution in [0, 0.1) is 0 Å². The van der Waals surface area contributed by atoms with Crippen LogP contribution in [0.4, 0.5) is 0 Å². The lowest BCUT2D eigenvalue weighted by molar-refractivity contribution is -0.156. The van der Waals surface area contributed by atoms with Gasteiger partial charge in [0.05, 0.1) is 0 Å². The van der Waals surface area contributed by atoms with Crippen LogP contribution in [0.2, 0.25) is 0 Å². The number of rotatable bonds is 3. The molecule has 0 heterocycles. The monoisotopic (exact) mass is 209 g/mol. The van der Waals surface area contributed by atoms with Crippen molar-refractivity contribution in [2.45, 2.75) is 6.92 Å². The lowest BCUT2D eigenvalue weighted by atomic mass is 10.3. The van der Waals surface area contributed by atoms with E-state index in [1.165, 1.54) is 6.92 Å². The average molecular weight is 209 g/mol. The van der Waals surface area contributed by atoms with Crippen molar-refractivity contribution in [3.05, 3.63) is 30.3 Å². The van der Waals surface area contributed by atoms with Crippen molar-refractivity contribution in [1.29, 1.82) is 0 Å². The molecule has 1 rings (SSSR count). The zero-order valence-electron chi connectivity index (χ0n) is 8.23. The Balaban J connectivity index is 2.26. The molecule has 80 valence electrons. The van der Waals surface area contributed by atoms with Crippen molar-refractivity contribution in [2.24, 2.45) is 0 Å². The van der Waals surface area contributed by atoms with Crippen molar-refractivity contribution < 1.29 is 19.2 Å². The number of hydroxylamine groups is 1. The molecule has 0 aliphatic rings. The van der Waals surface area contributed by atoms with Crippen LogP contribution in [-0.4, -0.2) is 18.5 Å². The number of carbonyl (C=O) groups excluding carboxylic acids is 2. The third-order valence-electron chi connectivity index (χ3n) is 1.42. The van der Waals surface area contributed by atoms with Gasteiger partial charge in [0, 0.05) is 6.92 Å². The summed E-state index contributed by atoms with van der Waals surface area (Å²) in [6, 6.07) is 8.86. The smallest absolute Gasteiger partial charge is 0.329 e. The number of hydrogen-bond donors (Lipinski definition) is 1. The van der Waals surface area contributed by atoms with Crippen molar-refractivity contribution in [3.8, 4) is 5.75 Å². The first-order chi connectivity index (χ1) is 7.18. The normalized spacial score (nSPS) is 9.13. The van der Waals surface area contributed by atoms with Crippen LogP contribution >= 0.6 is 0 Å². The number of hydrogen-bond acceptors (Lipinski definition) is 4. The van der Waals surface area contributed by atoms with E-state index in [9.17, 15) is 9.59 Å². The number of ether oxygens (including phenoxy) is 1. The Morgan fingerprint density at radius 3 is 2.53 bits per heavy atom. The predicted molar refractivity (Wildman–Crippen MR) is 51.8 cm³/mol. The summed E-state index contributed by atoms with van der Waals surface area (Å²) in [6.45, 7) is 0.996.